The van der Waals surface area contributed by atoms with Crippen molar-refractivity contribution in [1.82, 2.24) is 4.90 Å². The molecule has 2 N–H and O–H groups in total. The minimum Gasteiger partial charge on any atom is -0.493 e. The number of carbonyl (C=O) groups excluding carboxylic acids is 2. The van der Waals surface area contributed by atoms with Crippen molar-refractivity contribution in [3.8, 4) is 11.5 Å². The van der Waals surface area contributed by atoms with E-state index in [1.807, 2.05) is 26.0 Å². The molecule has 1 aliphatic heterocycles. The van der Waals surface area contributed by atoms with Gasteiger partial charge >= 0.3 is 0 Å². The Labute approximate surface area is 183 Å². The Morgan fingerprint density at radius 3 is 2.16 bits per heavy atom. The van der Waals surface area contributed by atoms with Crippen molar-refractivity contribution in [2.45, 2.75) is 26.7 Å². The first kappa shape index (κ1) is 22.6. The lowest BCUT2D eigenvalue weighted by Crippen LogP contribution is -2.41. The summed E-state index contributed by atoms with van der Waals surface area (Å²) < 4.78 is 10.5. The van der Waals surface area contributed by atoms with Gasteiger partial charge in [0, 0.05) is 23.4 Å². The zero-order valence-corrected chi connectivity index (χ0v) is 18.7. The molecule has 1 saturated heterocycles. The van der Waals surface area contributed by atoms with E-state index in [1.54, 1.807) is 32.4 Å². The molecule has 166 valence electrons. The molecule has 7 heteroatoms. The predicted octanol–water partition coefficient (Wildman–Crippen LogP) is 3.61. The Balaban J connectivity index is 1.47. The van der Waals surface area contributed by atoms with Gasteiger partial charge in [0.25, 0.3) is 0 Å². The Morgan fingerprint density at radius 1 is 0.903 bits per heavy atom. The van der Waals surface area contributed by atoms with E-state index in [0.29, 0.717) is 36.8 Å². The molecule has 0 bridgehead atoms. The van der Waals surface area contributed by atoms with Crippen LogP contribution in [-0.4, -0.2) is 50.6 Å². The number of amides is 2. The van der Waals surface area contributed by atoms with Crippen LogP contribution < -0.4 is 20.1 Å². The minimum absolute atomic E-state index is 0.00782. The zero-order valence-electron chi connectivity index (χ0n) is 18.7. The molecule has 0 saturated carbocycles. The van der Waals surface area contributed by atoms with Gasteiger partial charge in [-0.05, 0) is 75.2 Å². The van der Waals surface area contributed by atoms with Gasteiger partial charge in [-0.15, -0.1) is 0 Å². The average Bonchev–Trinajstić information content (AvgIpc) is 2.73. The van der Waals surface area contributed by atoms with Crippen LogP contribution in [0, 0.1) is 19.8 Å². The number of carbonyl (C=O) groups is 2. The fraction of sp³-hybridized carbons (Fsp3) is 0.417. The van der Waals surface area contributed by atoms with E-state index in [2.05, 4.69) is 21.6 Å². The van der Waals surface area contributed by atoms with Gasteiger partial charge in [-0.3, -0.25) is 14.5 Å². The molecule has 2 aromatic rings. The van der Waals surface area contributed by atoms with E-state index in [0.717, 1.165) is 29.7 Å². The summed E-state index contributed by atoms with van der Waals surface area (Å²) in [6, 6.07) is 11.3. The fourth-order valence-electron chi connectivity index (χ4n) is 3.96. The number of piperidine rings is 1. The summed E-state index contributed by atoms with van der Waals surface area (Å²) in [5.41, 5.74) is 3.75. The van der Waals surface area contributed by atoms with Crippen LogP contribution in [0.1, 0.15) is 24.0 Å². The summed E-state index contributed by atoms with van der Waals surface area (Å²) in [6.07, 6.45) is 1.44. The van der Waals surface area contributed by atoms with Gasteiger partial charge < -0.3 is 20.1 Å². The van der Waals surface area contributed by atoms with Crippen LogP contribution >= 0.6 is 0 Å². The molecular weight excluding hydrogens is 394 g/mol. The van der Waals surface area contributed by atoms with Crippen LogP contribution in [0.15, 0.2) is 36.4 Å². The second kappa shape index (κ2) is 10.3. The standard InChI is InChI=1S/C24H31N3O4/c1-16-11-17(2)13-20(12-16)25-23(28)15-27-9-7-18(8-10-27)24(29)26-19-5-6-21(30-3)22(14-19)31-4/h5-6,11-14,18H,7-10,15H2,1-4H3,(H,25,28)(H,26,29). The van der Waals surface area contributed by atoms with Crippen LogP contribution in [0.25, 0.3) is 0 Å². The van der Waals surface area contributed by atoms with Crippen molar-refractivity contribution in [1.29, 1.82) is 0 Å². The molecule has 1 aliphatic rings. The molecule has 2 amide bonds. The number of anilines is 2. The second-order valence-corrected chi connectivity index (χ2v) is 8.03. The number of nitrogens with zero attached hydrogens (tertiary/aromatic N) is 1. The number of benzene rings is 2. The van der Waals surface area contributed by atoms with Crippen LogP contribution in [0.2, 0.25) is 0 Å². The van der Waals surface area contributed by atoms with Gasteiger partial charge in [0.05, 0.1) is 20.8 Å². The maximum atomic E-state index is 12.7. The maximum Gasteiger partial charge on any atom is 0.238 e. The Morgan fingerprint density at radius 2 is 1.55 bits per heavy atom. The number of ether oxygens (including phenoxy) is 2. The van der Waals surface area contributed by atoms with Gasteiger partial charge in [0.15, 0.2) is 11.5 Å². The van der Waals surface area contributed by atoms with Gasteiger partial charge in [-0.1, -0.05) is 6.07 Å². The van der Waals surface area contributed by atoms with E-state index in [-0.39, 0.29) is 17.7 Å². The summed E-state index contributed by atoms with van der Waals surface area (Å²) in [5, 5.41) is 5.94. The molecule has 0 radical (unpaired) electrons. The highest BCUT2D eigenvalue weighted by Gasteiger charge is 2.26. The lowest BCUT2D eigenvalue weighted by Gasteiger charge is -2.30. The van der Waals surface area contributed by atoms with Crippen LogP contribution in [0.4, 0.5) is 11.4 Å². The molecule has 1 fully saturated rings. The van der Waals surface area contributed by atoms with Gasteiger partial charge in [0.2, 0.25) is 11.8 Å². The highest BCUT2D eigenvalue weighted by Crippen LogP contribution is 2.30. The molecule has 0 atom stereocenters. The molecule has 2 aromatic carbocycles. The lowest BCUT2D eigenvalue weighted by atomic mass is 9.95. The number of likely N-dealkylation sites (tertiary alicyclic amines) is 1. The molecular formula is C24H31N3O4. The minimum atomic E-state index is -0.0770. The molecule has 0 spiro atoms. The number of methoxy groups -OCH3 is 2. The van der Waals surface area contributed by atoms with Crippen molar-refractivity contribution < 1.29 is 19.1 Å². The van der Waals surface area contributed by atoms with E-state index in [4.69, 9.17) is 9.47 Å². The van der Waals surface area contributed by atoms with Gasteiger partial charge in [0.1, 0.15) is 0 Å². The molecule has 31 heavy (non-hydrogen) atoms. The number of hydrogen-bond donors (Lipinski definition) is 2. The van der Waals surface area contributed by atoms with Crippen molar-refractivity contribution in [3.63, 3.8) is 0 Å². The number of rotatable bonds is 7. The maximum absolute atomic E-state index is 12.7. The molecule has 3 rings (SSSR count). The topological polar surface area (TPSA) is 79.9 Å². The first-order valence-electron chi connectivity index (χ1n) is 10.5. The van der Waals surface area contributed by atoms with Crippen LogP contribution in [-0.2, 0) is 9.59 Å². The van der Waals surface area contributed by atoms with E-state index in [9.17, 15) is 9.59 Å². The summed E-state index contributed by atoms with van der Waals surface area (Å²) in [5.74, 6) is 1.08. The number of hydrogen-bond acceptors (Lipinski definition) is 5. The highest BCUT2D eigenvalue weighted by atomic mass is 16.5. The molecule has 7 nitrogen and oxygen atoms in total. The molecule has 1 heterocycles. The van der Waals surface area contributed by atoms with Crippen molar-refractivity contribution in [2.24, 2.45) is 5.92 Å². The fourth-order valence-corrected chi connectivity index (χ4v) is 3.96. The van der Waals surface area contributed by atoms with E-state index in [1.165, 1.54) is 0 Å². The molecule has 0 aliphatic carbocycles. The quantitative estimate of drug-likeness (QED) is 0.708. The van der Waals surface area contributed by atoms with E-state index < -0.39 is 0 Å². The van der Waals surface area contributed by atoms with Gasteiger partial charge in [-0.25, -0.2) is 0 Å². The predicted molar refractivity (Wildman–Crippen MR) is 122 cm³/mol. The first-order chi connectivity index (χ1) is 14.9. The number of nitrogens with one attached hydrogen (secondary N) is 2. The Kier molecular flexibility index (Phi) is 7.52. The zero-order chi connectivity index (χ0) is 22.4. The summed E-state index contributed by atoms with van der Waals surface area (Å²) in [7, 11) is 3.14. The monoisotopic (exact) mass is 425 g/mol. The lowest BCUT2D eigenvalue weighted by molar-refractivity contribution is -0.121. The third-order valence-corrected chi connectivity index (χ3v) is 5.48. The summed E-state index contributed by atoms with van der Waals surface area (Å²) in [6.45, 7) is 5.78. The van der Waals surface area contributed by atoms with Crippen molar-refractivity contribution >= 4 is 23.2 Å². The molecule has 0 aromatic heterocycles. The smallest absolute Gasteiger partial charge is 0.238 e. The number of aryl methyl sites for hydroxylation is 2. The van der Waals surface area contributed by atoms with E-state index >= 15 is 0 Å². The highest BCUT2D eigenvalue weighted by molar-refractivity contribution is 5.93. The average molecular weight is 426 g/mol. The Hall–Kier alpha value is -3.06. The van der Waals surface area contributed by atoms with Crippen LogP contribution in [0.3, 0.4) is 0 Å². The van der Waals surface area contributed by atoms with Gasteiger partial charge in [-0.2, -0.15) is 0 Å². The second-order valence-electron chi connectivity index (χ2n) is 8.03. The summed E-state index contributed by atoms with van der Waals surface area (Å²) >= 11 is 0. The third kappa shape index (κ3) is 6.21. The normalized spacial score (nSPS) is 14.7. The Bertz CT molecular complexity index is 916. The largest absolute Gasteiger partial charge is 0.493 e. The SMILES string of the molecule is COc1ccc(NC(=O)C2CCN(CC(=O)Nc3cc(C)cc(C)c3)CC2)cc1OC. The third-order valence-electron chi connectivity index (χ3n) is 5.48. The first-order valence-corrected chi connectivity index (χ1v) is 10.5. The van der Waals surface area contributed by atoms with Crippen molar-refractivity contribution in [2.75, 3.05) is 44.5 Å². The summed E-state index contributed by atoms with van der Waals surface area (Å²) in [4.78, 5) is 27.2. The molecule has 0 unspecified atom stereocenters. The van der Waals surface area contributed by atoms with Crippen LogP contribution in [0.5, 0.6) is 11.5 Å². The van der Waals surface area contributed by atoms with Crippen molar-refractivity contribution in [3.05, 3.63) is 47.5 Å².